The Labute approximate surface area is 352 Å². The Kier molecular flexibility index (Phi) is 8.94. The highest BCUT2D eigenvalue weighted by molar-refractivity contribution is 6.10. The number of para-hydroxylation sites is 2. The highest BCUT2D eigenvalue weighted by Crippen LogP contribution is 2.39. The zero-order valence-electron chi connectivity index (χ0n) is 33.2. The van der Waals surface area contributed by atoms with Gasteiger partial charge in [0, 0.05) is 44.8 Å². The third kappa shape index (κ3) is 6.86. The second-order valence-corrected chi connectivity index (χ2v) is 15.1. The lowest BCUT2D eigenvalue weighted by atomic mass is 9.97. The van der Waals surface area contributed by atoms with Crippen LogP contribution in [-0.2, 0) is 0 Å². The topological polar surface area (TPSA) is 70.0 Å². The first-order valence-electron chi connectivity index (χ1n) is 20.3. The van der Waals surface area contributed by atoms with E-state index in [1.165, 1.54) is 0 Å². The standard InChI is InChI=1S/C55H36N4O2/c1-35-32-40(48-30-25-38-22-28-44-46(36-14-6-2-7-15-36)33-50(58-54(44)52(38)56-48)60-41-18-10-4-11-19-41)24-27-43(35)49-31-26-39-23-29-45-47(37-16-8-3-9-17-37)34-51(59-55(45)53(39)57-49)61-42-20-12-5-13-21-42/h2-34H,1H3. The molecule has 0 spiro atoms. The first kappa shape index (κ1) is 35.9. The summed E-state index contributed by atoms with van der Waals surface area (Å²) in [5.74, 6) is 2.48. The van der Waals surface area contributed by atoms with Gasteiger partial charge in [0.25, 0.3) is 0 Å². The zero-order valence-corrected chi connectivity index (χ0v) is 33.2. The van der Waals surface area contributed by atoms with E-state index < -0.39 is 0 Å². The molecule has 0 aliphatic heterocycles. The number of fused-ring (bicyclic) bond motifs is 6. The largest absolute Gasteiger partial charge is 0.439 e. The molecule has 0 saturated carbocycles. The van der Waals surface area contributed by atoms with Crippen molar-refractivity contribution in [2.45, 2.75) is 6.92 Å². The number of aromatic nitrogens is 4. The highest BCUT2D eigenvalue weighted by atomic mass is 16.5. The molecule has 288 valence electrons. The number of benzene rings is 7. The van der Waals surface area contributed by atoms with Crippen molar-refractivity contribution >= 4 is 43.6 Å². The average Bonchev–Trinajstić information content (AvgIpc) is 3.32. The van der Waals surface area contributed by atoms with E-state index in [0.29, 0.717) is 11.8 Å². The number of rotatable bonds is 8. The first-order valence-corrected chi connectivity index (χ1v) is 20.3. The molecule has 0 fully saturated rings. The molecule has 0 aliphatic carbocycles. The van der Waals surface area contributed by atoms with Crippen LogP contribution in [0.1, 0.15) is 5.56 Å². The number of ether oxygens (including phenoxy) is 2. The van der Waals surface area contributed by atoms with Crippen LogP contribution in [0.15, 0.2) is 200 Å². The van der Waals surface area contributed by atoms with E-state index in [0.717, 1.165) is 105 Å². The molecule has 0 unspecified atom stereocenters. The molecule has 0 amide bonds. The molecule has 6 nitrogen and oxygen atoms in total. The van der Waals surface area contributed by atoms with Gasteiger partial charge in [0.2, 0.25) is 11.8 Å². The van der Waals surface area contributed by atoms with Gasteiger partial charge in [-0.3, -0.25) is 0 Å². The first-order chi connectivity index (χ1) is 30.1. The lowest BCUT2D eigenvalue weighted by Gasteiger charge is -2.14. The molecule has 0 N–H and O–H groups in total. The lowest BCUT2D eigenvalue weighted by Crippen LogP contribution is -1.96. The Morgan fingerprint density at radius 3 is 1.26 bits per heavy atom. The fourth-order valence-corrected chi connectivity index (χ4v) is 8.15. The second-order valence-electron chi connectivity index (χ2n) is 15.1. The average molecular weight is 785 g/mol. The van der Waals surface area contributed by atoms with Gasteiger partial charge in [-0.25, -0.2) is 19.9 Å². The van der Waals surface area contributed by atoms with Crippen LogP contribution in [0.5, 0.6) is 23.3 Å². The summed E-state index contributed by atoms with van der Waals surface area (Å²) in [6, 6.07) is 67.7. The minimum Gasteiger partial charge on any atom is -0.439 e. The van der Waals surface area contributed by atoms with Crippen molar-refractivity contribution in [1.29, 1.82) is 0 Å². The summed E-state index contributed by atoms with van der Waals surface area (Å²) in [7, 11) is 0. The normalized spacial score (nSPS) is 11.4. The zero-order chi connectivity index (χ0) is 40.7. The maximum absolute atomic E-state index is 6.34. The Morgan fingerprint density at radius 1 is 0.328 bits per heavy atom. The van der Waals surface area contributed by atoms with Crippen LogP contribution in [0.25, 0.3) is 88.4 Å². The minimum absolute atomic E-state index is 0.513. The minimum atomic E-state index is 0.513. The van der Waals surface area contributed by atoms with Gasteiger partial charge in [0.1, 0.15) is 22.5 Å². The number of nitrogens with zero attached hydrogens (tertiary/aromatic N) is 4. The number of pyridine rings is 4. The molecule has 4 heterocycles. The summed E-state index contributed by atoms with van der Waals surface area (Å²) in [6.07, 6.45) is 0. The van der Waals surface area contributed by atoms with Crippen molar-refractivity contribution in [2.24, 2.45) is 0 Å². The predicted octanol–water partition coefficient (Wildman–Crippen LogP) is 14.4. The molecular formula is C55H36N4O2. The maximum atomic E-state index is 6.34. The summed E-state index contributed by atoms with van der Waals surface area (Å²) >= 11 is 0. The number of hydrogen-bond donors (Lipinski definition) is 0. The van der Waals surface area contributed by atoms with Crippen molar-refractivity contribution in [2.75, 3.05) is 0 Å². The Balaban J connectivity index is 1.01. The second kappa shape index (κ2) is 15.2. The van der Waals surface area contributed by atoms with Gasteiger partial charge < -0.3 is 9.47 Å². The molecule has 0 aliphatic rings. The van der Waals surface area contributed by atoms with Gasteiger partial charge in [-0.05, 0) is 77.2 Å². The van der Waals surface area contributed by atoms with Crippen LogP contribution in [-0.4, -0.2) is 19.9 Å². The van der Waals surface area contributed by atoms with E-state index in [1.54, 1.807) is 0 Å². The van der Waals surface area contributed by atoms with Gasteiger partial charge in [-0.15, -0.1) is 0 Å². The lowest BCUT2D eigenvalue weighted by molar-refractivity contribution is 0.465. The van der Waals surface area contributed by atoms with Crippen molar-refractivity contribution in [3.8, 4) is 68.0 Å². The monoisotopic (exact) mass is 784 g/mol. The smallest absolute Gasteiger partial charge is 0.220 e. The molecule has 7 aromatic carbocycles. The summed E-state index contributed by atoms with van der Waals surface area (Å²) in [5.41, 5.74) is 12.3. The fraction of sp³-hybridized carbons (Fsp3) is 0.0182. The molecule has 11 rings (SSSR count). The van der Waals surface area contributed by atoms with Crippen molar-refractivity contribution in [3.63, 3.8) is 0 Å². The molecule has 0 atom stereocenters. The number of hydrogen-bond acceptors (Lipinski definition) is 6. The Bertz CT molecular complexity index is 3410. The van der Waals surface area contributed by atoms with Crippen molar-refractivity contribution < 1.29 is 9.47 Å². The molecule has 11 aromatic rings. The van der Waals surface area contributed by atoms with Crippen LogP contribution in [0.2, 0.25) is 0 Å². The maximum Gasteiger partial charge on any atom is 0.220 e. The third-order valence-electron chi connectivity index (χ3n) is 11.1. The fourth-order valence-electron chi connectivity index (χ4n) is 8.15. The van der Waals surface area contributed by atoms with E-state index in [9.17, 15) is 0 Å². The molecule has 0 saturated heterocycles. The number of aryl methyl sites for hydroxylation is 1. The quantitative estimate of drug-likeness (QED) is 0.143. The van der Waals surface area contributed by atoms with E-state index in [-0.39, 0.29) is 0 Å². The van der Waals surface area contributed by atoms with Gasteiger partial charge in [-0.2, -0.15) is 0 Å². The van der Waals surface area contributed by atoms with Crippen LogP contribution in [0.4, 0.5) is 0 Å². The van der Waals surface area contributed by atoms with E-state index in [4.69, 9.17) is 29.4 Å². The summed E-state index contributed by atoms with van der Waals surface area (Å²) in [6.45, 7) is 2.13. The summed E-state index contributed by atoms with van der Waals surface area (Å²) in [5, 5.41) is 4.02. The SMILES string of the molecule is Cc1cc(-c2ccc3ccc4c(-c5ccccc5)cc(Oc5ccccc5)nc4c3n2)ccc1-c1ccc2ccc3c(-c4ccccc4)cc(Oc4ccccc4)nc3c2n1. The van der Waals surface area contributed by atoms with E-state index in [2.05, 4.69) is 122 Å². The molecule has 0 bridgehead atoms. The van der Waals surface area contributed by atoms with Crippen LogP contribution >= 0.6 is 0 Å². The van der Waals surface area contributed by atoms with Gasteiger partial charge in [0.05, 0.1) is 22.4 Å². The third-order valence-corrected chi connectivity index (χ3v) is 11.1. The van der Waals surface area contributed by atoms with Crippen molar-refractivity contribution in [3.05, 3.63) is 206 Å². The summed E-state index contributed by atoms with van der Waals surface area (Å²) < 4.78 is 12.7. The van der Waals surface area contributed by atoms with Gasteiger partial charge >= 0.3 is 0 Å². The van der Waals surface area contributed by atoms with Crippen LogP contribution < -0.4 is 9.47 Å². The highest BCUT2D eigenvalue weighted by Gasteiger charge is 2.17. The van der Waals surface area contributed by atoms with Crippen LogP contribution in [0, 0.1) is 6.92 Å². The van der Waals surface area contributed by atoms with Crippen LogP contribution in [0.3, 0.4) is 0 Å². The van der Waals surface area contributed by atoms with Gasteiger partial charge in [0.15, 0.2) is 0 Å². The van der Waals surface area contributed by atoms with Crippen molar-refractivity contribution in [1.82, 2.24) is 19.9 Å². The molecule has 6 heteroatoms. The van der Waals surface area contributed by atoms with E-state index >= 15 is 0 Å². The predicted molar refractivity (Wildman–Crippen MR) is 247 cm³/mol. The molecule has 0 radical (unpaired) electrons. The van der Waals surface area contributed by atoms with E-state index in [1.807, 2.05) is 84.9 Å². The molecular weight excluding hydrogens is 749 g/mol. The molecule has 4 aromatic heterocycles. The Hall–Kier alpha value is -8.22. The van der Waals surface area contributed by atoms with Gasteiger partial charge in [-0.1, -0.05) is 146 Å². The Morgan fingerprint density at radius 2 is 0.770 bits per heavy atom. The molecule has 61 heavy (non-hydrogen) atoms. The summed E-state index contributed by atoms with van der Waals surface area (Å²) in [4.78, 5) is 20.8.